The highest BCUT2D eigenvalue weighted by molar-refractivity contribution is 7.80. The van der Waals surface area contributed by atoms with Gasteiger partial charge in [0.15, 0.2) is 0 Å². The second-order valence-electron chi connectivity index (χ2n) is 3.55. The van der Waals surface area contributed by atoms with Gasteiger partial charge in [0.1, 0.15) is 0 Å². The molecule has 0 aliphatic heterocycles. The first-order chi connectivity index (χ1) is 8.22. The van der Waals surface area contributed by atoms with Gasteiger partial charge < -0.3 is 31.5 Å². The fourth-order valence-electron chi connectivity index (χ4n) is 0.697. The van der Waals surface area contributed by atoms with Crippen molar-refractivity contribution in [2.75, 3.05) is 40.8 Å². The number of ether oxygens (including phenoxy) is 1. The van der Waals surface area contributed by atoms with E-state index in [0.29, 0.717) is 11.8 Å². The van der Waals surface area contributed by atoms with Crippen molar-refractivity contribution in [3.63, 3.8) is 0 Å². The van der Waals surface area contributed by atoms with Crippen molar-refractivity contribution in [1.29, 1.82) is 0 Å². The van der Waals surface area contributed by atoms with E-state index in [1.807, 2.05) is 37.9 Å². The summed E-state index contributed by atoms with van der Waals surface area (Å²) in [6, 6.07) is 0. The number of nitrogens with two attached hydrogens (primary N) is 1. The Morgan fingerprint density at radius 3 is 1.50 bits per heavy atom. The maximum atomic E-state index is 7.56. The highest BCUT2D eigenvalue weighted by Gasteiger charge is 2.03. The van der Waals surface area contributed by atoms with E-state index in [-0.39, 0.29) is 18.6 Å². The molecule has 0 aliphatic carbocycles. The lowest BCUT2D eigenvalue weighted by atomic mass is 10.6. The SMILES string of the molecule is CCOC(=S)N(CC)CC.CN(C)C.Cl.N.NC(O)=S. The lowest BCUT2D eigenvalue weighted by Gasteiger charge is -2.20. The Morgan fingerprint density at radius 2 is 1.35 bits per heavy atom. The third kappa shape index (κ3) is 43.2. The number of hydrogen-bond donors (Lipinski definition) is 3. The topological polar surface area (TPSA) is 97.0 Å². The summed E-state index contributed by atoms with van der Waals surface area (Å²) in [5.74, 6) is 0. The van der Waals surface area contributed by atoms with Gasteiger partial charge in [-0.2, -0.15) is 0 Å². The summed E-state index contributed by atoms with van der Waals surface area (Å²) in [5.41, 5.74) is 4.40. The van der Waals surface area contributed by atoms with Crippen LogP contribution in [0.25, 0.3) is 0 Å². The molecule has 126 valence electrons. The van der Waals surface area contributed by atoms with E-state index in [1.54, 1.807) is 0 Å². The van der Waals surface area contributed by atoms with Crippen LogP contribution in [0.2, 0.25) is 0 Å². The zero-order chi connectivity index (χ0) is 15.1. The minimum atomic E-state index is -0.500. The van der Waals surface area contributed by atoms with E-state index in [0.717, 1.165) is 13.1 Å². The van der Waals surface area contributed by atoms with Crippen LogP contribution >= 0.6 is 36.8 Å². The van der Waals surface area contributed by atoms with Gasteiger partial charge in [0.25, 0.3) is 10.3 Å². The molecule has 0 saturated carbocycles. The van der Waals surface area contributed by atoms with E-state index >= 15 is 0 Å². The second kappa shape index (κ2) is 23.7. The van der Waals surface area contributed by atoms with Crippen molar-refractivity contribution in [2.24, 2.45) is 5.73 Å². The molecular weight excluding hydrogens is 320 g/mol. The van der Waals surface area contributed by atoms with Crippen molar-refractivity contribution in [3.8, 4) is 0 Å². The van der Waals surface area contributed by atoms with Crippen LogP contribution in [-0.4, -0.2) is 66.1 Å². The number of nitrogens with zero attached hydrogens (tertiary/aromatic N) is 2. The molecule has 0 aromatic heterocycles. The zero-order valence-electron chi connectivity index (χ0n) is 13.4. The molecule has 0 aromatic carbocycles. The molecule has 0 amide bonds. The van der Waals surface area contributed by atoms with Crippen LogP contribution in [0.15, 0.2) is 0 Å². The molecule has 6 nitrogen and oxygen atoms in total. The molecule has 0 radical (unpaired) electrons. The predicted octanol–water partition coefficient (Wildman–Crippen LogP) is 2.20. The van der Waals surface area contributed by atoms with Gasteiger partial charge in [0, 0.05) is 13.1 Å². The number of thiocarbonyl (C=S) groups is 2. The van der Waals surface area contributed by atoms with E-state index in [1.165, 1.54) is 0 Å². The molecule has 0 fully saturated rings. The fourth-order valence-corrected chi connectivity index (χ4v) is 1.07. The first-order valence-electron chi connectivity index (χ1n) is 5.73. The van der Waals surface area contributed by atoms with Crippen LogP contribution in [0.1, 0.15) is 20.8 Å². The third-order valence-electron chi connectivity index (χ3n) is 1.29. The monoisotopic (exact) mass is 350 g/mol. The van der Waals surface area contributed by atoms with Crippen molar-refractivity contribution < 1.29 is 9.84 Å². The van der Waals surface area contributed by atoms with Crippen molar-refractivity contribution in [1.82, 2.24) is 16.0 Å². The van der Waals surface area contributed by atoms with Gasteiger partial charge in [-0.15, -0.1) is 12.4 Å². The van der Waals surface area contributed by atoms with Crippen molar-refractivity contribution in [2.45, 2.75) is 20.8 Å². The Bertz CT molecular complexity index is 212. The molecule has 0 spiro atoms. The summed E-state index contributed by atoms with van der Waals surface area (Å²) < 4.78 is 5.14. The van der Waals surface area contributed by atoms with Crippen LogP contribution in [0, 0.1) is 0 Å². The smallest absolute Gasteiger partial charge is 0.259 e. The molecule has 0 bridgehead atoms. The maximum Gasteiger partial charge on any atom is 0.259 e. The fraction of sp³-hybridized carbons (Fsp3) is 0.818. The number of aliphatic hydroxyl groups is 1. The molecule has 0 heterocycles. The van der Waals surface area contributed by atoms with Crippen LogP contribution in [0.4, 0.5) is 0 Å². The summed E-state index contributed by atoms with van der Waals surface area (Å²) in [7, 11) is 6.00. The summed E-state index contributed by atoms with van der Waals surface area (Å²) in [6.07, 6.45) is 0. The zero-order valence-corrected chi connectivity index (χ0v) is 15.8. The third-order valence-corrected chi connectivity index (χ3v) is 1.67. The number of aliphatic hydroxyl groups excluding tert-OH is 1. The number of rotatable bonds is 3. The van der Waals surface area contributed by atoms with E-state index in [2.05, 4.69) is 31.8 Å². The molecule has 20 heavy (non-hydrogen) atoms. The lowest BCUT2D eigenvalue weighted by Crippen LogP contribution is -2.30. The van der Waals surface area contributed by atoms with Crippen LogP contribution in [0.5, 0.6) is 0 Å². The molecule has 9 heteroatoms. The lowest BCUT2D eigenvalue weighted by molar-refractivity contribution is 0.264. The predicted molar refractivity (Wildman–Crippen MR) is 98.4 cm³/mol. The van der Waals surface area contributed by atoms with Crippen LogP contribution in [0.3, 0.4) is 0 Å². The maximum absolute atomic E-state index is 7.56. The van der Waals surface area contributed by atoms with Crippen LogP contribution in [-0.2, 0) is 4.74 Å². The second-order valence-corrected chi connectivity index (χ2v) is 4.32. The van der Waals surface area contributed by atoms with E-state index in [4.69, 9.17) is 22.1 Å². The molecule has 0 atom stereocenters. The first-order valence-corrected chi connectivity index (χ1v) is 6.55. The average molecular weight is 351 g/mol. The van der Waals surface area contributed by atoms with Gasteiger partial charge >= 0.3 is 0 Å². The van der Waals surface area contributed by atoms with Gasteiger partial charge in [-0.25, -0.2) is 0 Å². The number of halogens is 1. The van der Waals surface area contributed by atoms with E-state index < -0.39 is 5.17 Å². The molecule has 0 unspecified atom stereocenters. The minimum absolute atomic E-state index is 0. The largest absolute Gasteiger partial charge is 0.487 e. The Kier molecular flexibility index (Phi) is 37.6. The van der Waals surface area contributed by atoms with Crippen molar-refractivity contribution in [3.05, 3.63) is 0 Å². The minimum Gasteiger partial charge on any atom is -0.487 e. The van der Waals surface area contributed by atoms with Gasteiger partial charge in [0.2, 0.25) is 0 Å². The molecule has 0 rings (SSSR count). The quantitative estimate of drug-likeness (QED) is 0.666. The van der Waals surface area contributed by atoms with Crippen molar-refractivity contribution >= 4 is 47.2 Å². The highest BCUT2D eigenvalue weighted by Crippen LogP contribution is 1.92. The average Bonchev–Trinajstić information content (AvgIpc) is 2.18. The first kappa shape index (κ1) is 31.8. The van der Waals surface area contributed by atoms with Gasteiger partial charge in [0.05, 0.1) is 6.61 Å². The van der Waals surface area contributed by atoms with Gasteiger partial charge in [-0.3, -0.25) is 0 Å². The Labute approximate surface area is 140 Å². The molecule has 0 saturated heterocycles. The Balaban J connectivity index is -0.0000000637. The van der Waals surface area contributed by atoms with Gasteiger partial charge in [-0.05, 0) is 66.3 Å². The van der Waals surface area contributed by atoms with E-state index in [9.17, 15) is 0 Å². The standard InChI is InChI=1S/C7H15NOS.C3H9N.CH3NOS.ClH.H3N/c1-4-8(5-2)7(10)9-6-3;1-4(2)3;2-1(3)4;;/h4-6H2,1-3H3;1-3H3;(H3,2,3,4);1H;1H3. The Hall–Kier alpha value is -0.410. The normalized spacial score (nSPS) is 7.55. The summed E-state index contributed by atoms with van der Waals surface area (Å²) in [6.45, 7) is 8.58. The summed E-state index contributed by atoms with van der Waals surface area (Å²) in [5, 5.41) is 7.68. The van der Waals surface area contributed by atoms with Crippen LogP contribution < -0.4 is 11.9 Å². The summed E-state index contributed by atoms with van der Waals surface area (Å²) in [4.78, 5) is 4.01. The van der Waals surface area contributed by atoms with Gasteiger partial charge in [-0.1, -0.05) is 0 Å². The molecular formula is C11H31ClN4O2S2. The summed E-state index contributed by atoms with van der Waals surface area (Å²) >= 11 is 8.85. The Morgan fingerprint density at radius 1 is 1.10 bits per heavy atom. The molecule has 0 aromatic rings. The number of hydrogen-bond acceptors (Lipinski definition) is 5. The highest BCUT2D eigenvalue weighted by atomic mass is 35.5. The molecule has 6 N–H and O–H groups in total. The molecule has 0 aliphatic rings.